The number of hydrogen-bond donors (Lipinski definition) is 0. The molecule has 31 heavy (non-hydrogen) atoms. The molecular formula is C24H28FN3O2S. The number of Topliss-reactive ketones (excluding diaryl/α,β-unsaturated/α-hetero) is 1. The van der Waals surface area contributed by atoms with Crippen molar-refractivity contribution < 1.29 is 9.18 Å². The summed E-state index contributed by atoms with van der Waals surface area (Å²) in [6.07, 6.45) is 0. The summed E-state index contributed by atoms with van der Waals surface area (Å²) in [5.41, 5.74) is 0.953. The Kier molecular flexibility index (Phi) is 7.62. The Bertz CT molecular complexity index is 1100. The number of carbonyl (C=O) groups excluding carboxylic acids is 1. The van der Waals surface area contributed by atoms with Gasteiger partial charge < -0.3 is 0 Å². The Hall–Kier alpha value is -2.51. The van der Waals surface area contributed by atoms with E-state index in [1.807, 2.05) is 18.2 Å². The number of benzene rings is 2. The van der Waals surface area contributed by atoms with Gasteiger partial charge in [-0.3, -0.25) is 19.1 Å². The Labute approximate surface area is 186 Å². The lowest BCUT2D eigenvalue weighted by Gasteiger charge is -2.30. The molecule has 0 N–H and O–H groups in total. The number of para-hydroxylation sites is 1. The number of aromatic nitrogens is 2. The highest BCUT2D eigenvalue weighted by molar-refractivity contribution is 7.99. The highest BCUT2D eigenvalue weighted by Crippen LogP contribution is 2.20. The quantitative estimate of drug-likeness (QED) is 0.275. The predicted octanol–water partition coefficient (Wildman–Crippen LogP) is 4.63. The van der Waals surface area contributed by atoms with E-state index in [1.54, 1.807) is 10.6 Å². The van der Waals surface area contributed by atoms with E-state index in [1.165, 1.54) is 36.0 Å². The second-order valence-electron chi connectivity index (χ2n) is 8.01. The maximum absolute atomic E-state index is 13.2. The number of ketones is 1. The van der Waals surface area contributed by atoms with Crippen molar-refractivity contribution in [2.75, 3.05) is 12.3 Å². The molecule has 3 rings (SSSR count). The first-order valence-corrected chi connectivity index (χ1v) is 11.4. The summed E-state index contributed by atoms with van der Waals surface area (Å²) >= 11 is 1.24. The maximum atomic E-state index is 13.2. The van der Waals surface area contributed by atoms with Gasteiger partial charge in [-0.25, -0.2) is 9.37 Å². The average molecular weight is 442 g/mol. The van der Waals surface area contributed by atoms with E-state index in [0.29, 0.717) is 46.8 Å². The van der Waals surface area contributed by atoms with Crippen LogP contribution in [0, 0.1) is 5.82 Å². The zero-order valence-corrected chi connectivity index (χ0v) is 19.2. The van der Waals surface area contributed by atoms with Crippen LogP contribution in [-0.4, -0.2) is 44.6 Å². The van der Waals surface area contributed by atoms with Crippen molar-refractivity contribution in [3.05, 3.63) is 70.3 Å². The first-order chi connectivity index (χ1) is 14.8. The fourth-order valence-corrected chi connectivity index (χ4v) is 4.55. The molecule has 1 heterocycles. The molecule has 0 aliphatic rings. The van der Waals surface area contributed by atoms with Crippen LogP contribution >= 0.6 is 11.8 Å². The molecule has 0 atom stereocenters. The maximum Gasteiger partial charge on any atom is 0.262 e. The Balaban J connectivity index is 1.89. The predicted molar refractivity (Wildman–Crippen MR) is 124 cm³/mol. The molecule has 1 aromatic heterocycles. The standard InChI is InChI=1S/C24H28FN3O2S/c1-16(2)27(17(3)4)13-14-28-23(30)20-7-5-6-8-21(20)26-24(28)31-15-22(29)18-9-11-19(25)12-10-18/h5-12,16-17H,13-15H2,1-4H3. The minimum absolute atomic E-state index is 0.102. The molecule has 5 nitrogen and oxygen atoms in total. The highest BCUT2D eigenvalue weighted by Gasteiger charge is 2.17. The van der Waals surface area contributed by atoms with E-state index in [-0.39, 0.29) is 22.9 Å². The van der Waals surface area contributed by atoms with Crippen molar-refractivity contribution in [3.8, 4) is 0 Å². The van der Waals surface area contributed by atoms with Crippen LogP contribution in [0.15, 0.2) is 58.5 Å². The molecule has 3 aromatic rings. The fraction of sp³-hybridized carbons (Fsp3) is 0.375. The molecule has 164 valence electrons. The van der Waals surface area contributed by atoms with Gasteiger partial charge in [0.1, 0.15) is 5.82 Å². The molecule has 2 aromatic carbocycles. The van der Waals surface area contributed by atoms with Gasteiger partial charge in [-0.15, -0.1) is 0 Å². The zero-order chi connectivity index (χ0) is 22.5. The van der Waals surface area contributed by atoms with E-state index in [9.17, 15) is 14.0 Å². The van der Waals surface area contributed by atoms with Crippen LogP contribution in [0.4, 0.5) is 4.39 Å². The molecule has 0 fully saturated rings. The van der Waals surface area contributed by atoms with Gasteiger partial charge in [-0.05, 0) is 64.1 Å². The monoisotopic (exact) mass is 441 g/mol. The number of hydrogen-bond acceptors (Lipinski definition) is 5. The lowest BCUT2D eigenvalue weighted by Crippen LogP contribution is -2.40. The number of fused-ring (bicyclic) bond motifs is 1. The summed E-state index contributed by atoms with van der Waals surface area (Å²) in [5.74, 6) is -0.395. The van der Waals surface area contributed by atoms with Crippen LogP contribution in [0.5, 0.6) is 0 Å². The molecule has 0 aliphatic heterocycles. The Morgan fingerprint density at radius 1 is 1.06 bits per heavy atom. The minimum atomic E-state index is -0.380. The molecule has 0 aliphatic carbocycles. The largest absolute Gasteiger partial charge is 0.297 e. The smallest absolute Gasteiger partial charge is 0.262 e. The summed E-state index contributed by atoms with van der Waals surface area (Å²) in [5, 5.41) is 1.09. The van der Waals surface area contributed by atoms with Crippen molar-refractivity contribution in [2.45, 2.75) is 51.5 Å². The molecule has 0 unspecified atom stereocenters. The SMILES string of the molecule is CC(C)N(CCn1c(SCC(=O)c2ccc(F)cc2)nc2ccccc2c1=O)C(C)C. The van der Waals surface area contributed by atoms with Gasteiger partial charge in [0.25, 0.3) is 5.56 Å². The minimum Gasteiger partial charge on any atom is -0.297 e. The van der Waals surface area contributed by atoms with Gasteiger partial charge in [-0.2, -0.15) is 0 Å². The number of rotatable bonds is 9. The molecule has 0 saturated heterocycles. The van der Waals surface area contributed by atoms with E-state index >= 15 is 0 Å². The van der Waals surface area contributed by atoms with Crippen molar-refractivity contribution >= 4 is 28.4 Å². The third-order valence-electron chi connectivity index (χ3n) is 5.23. The van der Waals surface area contributed by atoms with Gasteiger partial charge in [0.2, 0.25) is 0 Å². The van der Waals surface area contributed by atoms with Gasteiger partial charge in [-0.1, -0.05) is 23.9 Å². The fourth-order valence-electron chi connectivity index (χ4n) is 3.63. The molecule has 7 heteroatoms. The summed E-state index contributed by atoms with van der Waals surface area (Å²) < 4.78 is 14.8. The molecular weight excluding hydrogens is 413 g/mol. The van der Waals surface area contributed by atoms with Crippen LogP contribution in [-0.2, 0) is 6.54 Å². The van der Waals surface area contributed by atoms with Gasteiger partial charge in [0.05, 0.1) is 16.7 Å². The van der Waals surface area contributed by atoms with Crippen molar-refractivity contribution in [2.24, 2.45) is 0 Å². The van der Waals surface area contributed by atoms with E-state index in [4.69, 9.17) is 0 Å². The summed E-state index contributed by atoms with van der Waals surface area (Å²) in [6, 6.07) is 13.4. The second-order valence-corrected chi connectivity index (χ2v) is 8.95. The van der Waals surface area contributed by atoms with Gasteiger partial charge >= 0.3 is 0 Å². The van der Waals surface area contributed by atoms with Crippen molar-refractivity contribution in [3.63, 3.8) is 0 Å². The van der Waals surface area contributed by atoms with Crippen LogP contribution in [0.3, 0.4) is 0 Å². The lowest BCUT2D eigenvalue weighted by molar-refractivity contribution is 0.102. The third kappa shape index (κ3) is 5.60. The molecule has 0 amide bonds. The van der Waals surface area contributed by atoms with E-state index < -0.39 is 0 Å². The topological polar surface area (TPSA) is 55.2 Å². The normalized spacial score (nSPS) is 11.7. The molecule has 0 spiro atoms. The summed E-state index contributed by atoms with van der Waals surface area (Å²) in [4.78, 5) is 32.8. The van der Waals surface area contributed by atoms with Crippen LogP contribution in [0.2, 0.25) is 0 Å². The number of halogens is 1. The zero-order valence-electron chi connectivity index (χ0n) is 18.3. The number of nitrogens with zero attached hydrogens (tertiary/aromatic N) is 3. The van der Waals surface area contributed by atoms with E-state index in [0.717, 1.165) is 0 Å². The summed E-state index contributed by atoms with van der Waals surface area (Å²) in [7, 11) is 0. The van der Waals surface area contributed by atoms with E-state index in [2.05, 4.69) is 37.6 Å². The summed E-state index contributed by atoms with van der Waals surface area (Å²) in [6.45, 7) is 9.74. The van der Waals surface area contributed by atoms with Gasteiger partial charge in [0.15, 0.2) is 10.9 Å². The molecule has 0 bridgehead atoms. The lowest BCUT2D eigenvalue weighted by atomic mass is 10.1. The van der Waals surface area contributed by atoms with Crippen LogP contribution in [0.25, 0.3) is 10.9 Å². The van der Waals surface area contributed by atoms with Gasteiger partial charge in [0, 0.05) is 30.7 Å². The number of thioether (sulfide) groups is 1. The second kappa shape index (κ2) is 10.2. The Morgan fingerprint density at radius 2 is 1.71 bits per heavy atom. The first-order valence-electron chi connectivity index (χ1n) is 10.4. The number of carbonyl (C=O) groups is 1. The van der Waals surface area contributed by atoms with Crippen molar-refractivity contribution in [1.82, 2.24) is 14.5 Å². The Morgan fingerprint density at radius 3 is 2.35 bits per heavy atom. The van der Waals surface area contributed by atoms with Crippen molar-refractivity contribution in [1.29, 1.82) is 0 Å². The molecule has 0 radical (unpaired) electrons. The average Bonchev–Trinajstić information content (AvgIpc) is 2.73. The van der Waals surface area contributed by atoms with Crippen LogP contribution < -0.4 is 5.56 Å². The third-order valence-corrected chi connectivity index (χ3v) is 6.21. The first kappa shape index (κ1) is 23.2. The molecule has 0 saturated carbocycles. The van der Waals surface area contributed by atoms with Crippen LogP contribution in [0.1, 0.15) is 38.1 Å². The highest BCUT2D eigenvalue weighted by atomic mass is 32.2.